The quantitative estimate of drug-likeness (QED) is 0.232. The first-order chi connectivity index (χ1) is 19.1. The molecule has 3 aromatic carbocycles. The molecule has 0 aliphatic heterocycles. The molecule has 0 spiro atoms. The summed E-state index contributed by atoms with van der Waals surface area (Å²) in [6.07, 6.45) is 1.91. The topological polar surface area (TPSA) is 84.9 Å². The average Bonchev–Trinajstić information content (AvgIpc) is 3.33. The van der Waals surface area contributed by atoms with Gasteiger partial charge in [-0.15, -0.1) is 12.4 Å². The molecule has 4 rings (SSSR count). The largest absolute Gasteiger partial charge is 0.486 e. The van der Waals surface area contributed by atoms with E-state index < -0.39 is 29.7 Å². The van der Waals surface area contributed by atoms with Crippen molar-refractivity contribution in [3.63, 3.8) is 0 Å². The number of carboxylic acids is 1. The van der Waals surface area contributed by atoms with Gasteiger partial charge in [0.25, 0.3) is 0 Å². The van der Waals surface area contributed by atoms with Crippen LogP contribution in [0.25, 0.3) is 0 Å². The molecule has 220 valence electrons. The van der Waals surface area contributed by atoms with Gasteiger partial charge in [-0.2, -0.15) is 4.39 Å². The lowest BCUT2D eigenvalue weighted by Gasteiger charge is -2.31. The van der Waals surface area contributed by atoms with E-state index >= 15 is 0 Å². The molecule has 0 saturated carbocycles. The van der Waals surface area contributed by atoms with Crippen molar-refractivity contribution in [2.45, 2.75) is 57.6 Å². The van der Waals surface area contributed by atoms with E-state index in [1.807, 2.05) is 0 Å². The Bertz CT molecular complexity index is 1310. The first-order valence-corrected chi connectivity index (χ1v) is 13.5. The fraction of sp³-hybridized carbons (Fsp3) is 0.375. The standard InChI is InChI=1S/C32H35F2NO5.ClH/c1-32(2,18-22-14-24-10-6-7-11-25(24)15-22)35-19-26(40-31(38)23-8-4-3-5-9-23)20-39-28-17-21(12-13-29(36)37)16-27(33)30(28)34;/h3-11,16-17,22,26,35H,12-15,18-20H2,1-2H3,(H,36,37);1H/t26-;/m1./s1. The molecule has 0 heterocycles. The molecule has 1 aliphatic carbocycles. The average molecular weight is 588 g/mol. The van der Waals surface area contributed by atoms with Gasteiger partial charge in [-0.25, -0.2) is 9.18 Å². The van der Waals surface area contributed by atoms with Gasteiger partial charge in [-0.1, -0.05) is 42.5 Å². The molecule has 0 bridgehead atoms. The smallest absolute Gasteiger partial charge is 0.338 e. The van der Waals surface area contributed by atoms with Crippen molar-refractivity contribution in [2.24, 2.45) is 5.92 Å². The number of aliphatic carboxylic acids is 1. The Kier molecular flexibility index (Phi) is 11.3. The number of aryl methyl sites for hydroxylation is 1. The summed E-state index contributed by atoms with van der Waals surface area (Å²) in [5.41, 5.74) is 3.13. The van der Waals surface area contributed by atoms with E-state index in [1.54, 1.807) is 30.3 Å². The molecule has 6 nitrogen and oxygen atoms in total. The van der Waals surface area contributed by atoms with Crippen molar-refractivity contribution in [3.8, 4) is 5.75 Å². The van der Waals surface area contributed by atoms with Gasteiger partial charge in [0.1, 0.15) is 12.7 Å². The van der Waals surface area contributed by atoms with Crippen molar-refractivity contribution in [2.75, 3.05) is 13.2 Å². The molecule has 0 amide bonds. The van der Waals surface area contributed by atoms with E-state index in [9.17, 15) is 18.4 Å². The fourth-order valence-corrected chi connectivity index (χ4v) is 5.21. The number of fused-ring (bicyclic) bond motifs is 1. The highest BCUT2D eigenvalue weighted by Crippen LogP contribution is 2.32. The van der Waals surface area contributed by atoms with E-state index in [4.69, 9.17) is 14.6 Å². The summed E-state index contributed by atoms with van der Waals surface area (Å²) < 4.78 is 40.1. The van der Waals surface area contributed by atoms with Crippen LogP contribution < -0.4 is 10.1 Å². The van der Waals surface area contributed by atoms with E-state index in [0.717, 1.165) is 25.3 Å². The molecule has 3 aromatic rings. The Morgan fingerprint density at radius 1 is 1.02 bits per heavy atom. The zero-order valence-electron chi connectivity index (χ0n) is 23.2. The number of halogens is 3. The summed E-state index contributed by atoms with van der Waals surface area (Å²) in [7, 11) is 0. The number of rotatable bonds is 13. The van der Waals surface area contributed by atoms with Crippen molar-refractivity contribution < 1.29 is 33.0 Å². The number of carbonyl (C=O) groups excluding carboxylic acids is 1. The van der Waals surface area contributed by atoms with Crippen LogP contribution in [0.15, 0.2) is 66.7 Å². The minimum Gasteiger partial charge on any atom is -0.486 e. The summed E-state index contributed by atoms with van der Waals surface area (Å²) in [5, 5.41) is 12.4. The van der Waals surface area contributed by atoms with Crippen molar-refractivity contribution >= 4 is 24.3 Å². The third-order valence-corrected chi connectivity index (χ3v) is 7.13. The molecule has 0 fully saturated rings. The molecular formula is C32H36ClF2NO5. The lowest BCUT2D eigenvalue weighted by molar-refractivity contribution is -0.136. The van der Waals surface area contributed by atoms with E-state index in [0.29, 0.717) is 17.0 Å². The van der Waals surface area contributed by atoms with Crippen molar-refractivity contribution in [1.29, 1.82) is 0 Å². The molecule has 0 saturated heterocycles. The number of hydrogen-bond donors (Lipinski definition) is 2. The number of hydrogen-bond acceptors (Lipinski definition) is 5. The predicted octanol–water partition coefficient (Wildman–Crippen LogP) is 6.18. The second kappa shape index (κ2) is 14.4. The van der Waals surface area contributed by atoms with Gasteiger partial charge in [0.05, 0.1) is 5.56 Å². The highest BCUT2D eigenvalue weighted by molar-refractivity contribution is 5.89. The van der Waals surface area contributed by atoms with E-state index in [-0.39, 0.29) is 49.7 Å². The first-order valence-electron chi connectivity index (χ1n) is 13.5. The third-order valence-electron chi connectivity index (χ3n) is 7.13. The number of esters is 1. The number of nitrogens with one attached hydrogen (secondary N) is 1. The van der Waals surface area contributed by atoms with Gasteiger partial charge >= 0.3 is 11.9 Å². The van der Waals surface area contributed by atoms with E-state index in [1.165, 1.54) is 17.2 Å². The number of ether oxygens (including phenoxy) is 2. The highest BCUT2D eigenvalue weighted by Gasteiger charge is 2.29. The lowest BCUT2D eigenvalue weighted by Crippen LogP contribution is -2.47. The van der Waals surface area contributed by atoms with Gasteiger partial charge in [-0.05, 0) is 86.4 Å². The Morgan fingerprint density at radius 3 is 2.29 bits per heavy atom. The third kappa shape index (κ3) is 9.26. The molecule has 0 unspecified atom stereocenters. The van der Waals surface area contributed by atoms with Crippen LogP contribution >= 0.6 is 12.4 Å². The summed E-state index contributed by atoms with van der Waals surface area (Å²) in [4.78, 5) is 23.7. The molecule has 0 radical (unpaired) electrons. The minimum atomic E-state index is -1.18. The maximum absolute atomic E-state index is 14.5. The van der Waals surface area contributed by atoms with Gasteiger partial charge in [0, 0.05) is 18.5 Å². The Hall–Kier alpha value is -3.49. The van der Waals surface area contributed by atoms with Crippen molar-refractivity contribution in [1.82, 2.24) is 5.32 Å². The van der Waals surface area contributed by atoms with Gasteiger partial charge in [0.15, 0.2) is 11.6 Å². The zero-order valence-corrected chi connectivity index (χ0v) is 24.0. The Labute approximate surface area is 245 Å². The minimum absolute atomic E-state index is 0. The normalized spacial score (nSPS) is 13.7. The maximum Gasteiger partial charge on any atom is 0.338 e. The van der Waals surface area contributed by atoms with Gasteiger partial charge < -0.3 is 19.9 Å². The fourth-order valence-electron chi connectivity index (χ4n) is 5.21. The van der Waals surface area contributed by atoms with Crippen LogP contribution in [0.4, 0.5) is 8.78 Å². The molecule has 2 N–H and O–H groups in total. The molecular weight excluding hydrogens is 552 g/mol. The highest BCUT2D eigenvalue weighted by atomic mass is 35.5. The lowest BCUT2D eigenvalue weighted by atomic mass is 9.88. The number of carbonyl (C=O) groups is 2. The number of benzene rings is 3. The second-order valence-corrected chi connectivity index (χ2v) is 11.0. The van der Waals surface area contributed by atoms with Crippen LogP contribution in [-0.4, -0.2) is 41.8 Å². The SMILES string of the molecule is CC(C)(CC1Cc2ccccc2C1)NC[C@H](COc1cc(CCC(=O)O)cc(F)c1F)OC(=O)c1ccccc1.Cl. The summed E-state index contributed by atoms with van der Waals surface area (Å²) in [5.74, 6) is -3.79. The molecule has 41 heavy (non-hydrogen) atoms. The van der Waals surface area contributed by atoms with E-state index in [2.05, 4.69) is 43.4 Å². The van der Waals surface area contributed by atoms with Gasteiger partial charge in [-0.3, -0.25) is 4.79 Å². The maximum atomic E-state index is 14.5. The van der Waals surface area contributed by atoms with Crippen LogP contribution in [0.3, 0.4) is 0 Å². The van der Waals surface area contributed by atoms with Crippen LogP contribution in [0.5, 0.6) is 5.75 Å². The second-order valence-electron chi connectivity index (χ2n) is 11.0. The predicted molar refractivity (Wildman–Crippen MR) is 155 cm³/mol. The van der Waals surface area contributed by atoms with Crippen LogP contribution in [0.2, 0.25) is 0 Å². The Balaban J connectivity index is 0.00000462. The van der Waals surface area contributed by atoms with Crippen LogP contribution in [-0.2, 0) is 28.8 Å². The Morgan fingerprint density at radius 2 is 1.66 bits per heavy atom. The van der Waals surface area contributed by atoms with Crippen molar-refractivity contribution in [3.05, 3.63) is 101 Å². The summed E-state index contributed by atoms with van der Waals surface area (Å²) >= 11 is 0. The first kappa shape index (κ1) is 32.0. The molecule has 1 aliphatic rings. The number of carboxylic acid groups (broad SMARTS) is 1. The summed E-state index contributed by atoms with van der Waals surface area (Å²) in [6, 6.07) is 19.2. The van der Waals surface area contributed by atoms with Gasteiger partial charge in [0.2, 0.25) is 5.82 Å². The van der Waals surface area contributed by atoms with Crippen LogP contribution in [0, 0.1) is 17.6 Å². The summed E-state index contributed by atoms with van der Waals surface area (Å²) in [6.45, 7) is 4.19. The molecule has 9 heteroatoms. The van der Waals surface area contributed by atoms with Crippen LogP contribution in [0.1, 0.15) is 53.7 Å². The molecule has 0 aromatic heterocycles. The molecule has 1 atom stereocenters. The zero-order chi connectivity index (χ0) is 28.7. The monoisotopic (exact) mass is 587 g/mol.